The number of halogens is 3. The monoisotopic (exact) mass is 230 g/mol. The molecule has 0 amide bonds. The second kappa shape index (κ2) is 5.03. The van der Waals surface area contributed by atoms with E-state index in [0.29, 0.717) is 10.6 Å². The van der Waals surface area contributed by atoms with Gasteiger partial charge in [0, 0.05) is 17.0 Å². The maximum atomic E-state index is 12.5. The Bertz CT molecular complexity index is 392. The van der Waals surface area contributed by atoms with Crippen molar-refractivity contribution in [1.29, 1.82) is 0 Å². The molecule has 0 bridgehead atoms. The molecule has 80 valence electrons. The molecular weight excluding hydrogens is 222 g/mol. The van der Waals surface area contributed by atoms with Crippen molar-refractivity contribution >= 4 is 23.0 Å². The molecule has 0 saturated carbocycles. The van der Waals surface area contributed by atoms with Gasteiger partial charge in [0.1, 0.15) is 5.78 Å². The molecule has 0 atom stereocenters. The van der Waals surface area contributed by atoms with E-state index in [1.54, 1.807) is 0 Å². The fourth-order valence-electron chi connectivity index (χ4n) is 1.18. The largest absolute Gasteiger partial charge is 0.300 e. The van der Waals surface area contributed by atoms with Crippen molar-refractivity contribution in [3.8, 4) is 0 Å². The number of hydrogen-bond donors (Lipinski definition) is 0. The lowest BCUT2D eigenvalue weighted by molar-refractivity contribution is -0.116. The van der Waals surface area contributed by atoms with E-state index < -0.39 is 6.08 Å². The average molecular weight is 231 g/mol. The van der Waals surface area contributed by atoms with Crippen LogP contribution in [0.15, 0.2) is 30.3 Å². The Morgan fingerprint density at radius 3 is 2.20 bits per heavy atom. The van der Waals surface area contributed by atoms with E-state index in [4.69, 9.17) is 11.6 Å². The Labute approximate surface area is 91.4 Å². The highest BCUT2D eigenvalue weighted by molar-refractivity contribution is 6.30. The third kappa shape index (κ3) is 3.44. The summed E-state index contributed by atoms with van der Waals surface area (Å²) in [6, 6.07) is 5.97. The molecule has 15 heavy (non-hydrogen) atoms. The van der Waals surface area contributed by atoms with Crippen LogP contribution in [0.3, 0.4) is 0 Å². The van der Waals surface area contributed by atoms with E-state index in [-0.39, 0.29) is 17.8 Å². The number of rotatable bonds is 3. The summed E-state index contributed by atoms with van der Waals surface area (Å²) in [6.07, 6.45) is -2.09. The number of ketones is 1. The molecule has 0 aromatic heterocycles. The molecule has 0 aliphatic rings. The summed E-state index contributed by atoms with van der Waals surface area (Å²) >= 11 is 5.63. The Hall–Kier alpha value is -1.22. The summed E-state index contributed by atoms with van der Waals surface area (Å²) in [5, 5.41) is 0.472. The van der Waals surface area contributed by atoms with Crippen molar-refractivity contribution in [3.05, 3.63) is 40.9 Å². The minimum atomic E-state index is -1.83. The summed E-state index contributed by atoms with van der Waals surface area (Å²) in [5.41, 5.74) is 0.0915. The highest BCUT2D eigenvalue weighted by Gasteiger charge is 2.11. The molecule has 0 N–H and O–H groups in total. The fraction of sp³-hybridized carbons (Fsp3) is 0.182. The molecule has 1 nitrogen and oxygen atoms in total. The van der Waals surface area contributed by atoms with Gasteiger partial charge in [-0.1, -0.05) is 23.7 Å². The van der Waals surface area contributed by atoms with E-state index in [1.807, 2.05) is 0 Å². The summed E-state index contributed by atoms with van der Waals surface area (Å²) in [6.45, 7) is 1.28. The van der Waals surface area contributed by atoms with Crippen molar-refractivity contribution in [3.63, 3.8) is 0 Å². The highest BCUT2D eigenvalue weighted by atomic mass is 35.5. The van der Waals surface area contributed by atoms with Crippen LogP contribution in [0, 0.1) is 0 Å². The lowest BCUT2D eigenvalue weighted by Gasteiger charge is -2.04. The molecule has 0 unspecified atom stereocenters. The Morgan fingerprint density at radius 1 is 1.27 bits per heavy atom. The van der Waals surface area contributed by atoms with Crippen LogP contribution in [-0.4, -0.2) is 5.78 Å². The zero-order valence-electron chi connectivity index (χ0n) is 8.06. The van der Waals surface area contributed by atoms with Crippen LogP contribution in [0.2, 0.25) is 5.02 Å². The first-order valence-electron chi connectivity index (χ1n) is 4.30. The molecule has 0 saturated heterocycles. The topological polar surface area (TPSA) is 17.1 Å². The van der Waals surface area contributed by atoms with Gasteiger partial charge >= 0.3 is 0 Å². The Balaban J connectivity index is 3.06. The van der Waals surface area contributed by atoms with Gasteiger partial charge in [-0.05, 0) is 24.6 Å². The number of allylic oxidation sites excluding steroid dienone is 1. The quantitative estimate of drug-likeness (QED) is 0.769. The van der Waals surface area contributed by atoms with Gasteiger partial charge in [-0.3, -0.25) is 4.79 Å². The molecule has 0 aliphatic heterocycles. The van der Waals surface area contributed by atoms with Gasteiger partial charge in [-0.2, -0.15) is 8.78 Å². The van der Waals surface area contributed by atoms with Crippen molar-refractivity contribution in [2.75, 3.05) is 0 Å². The van der Waals surface area contributed by atoms with Gasteiger partial charge < -0.3 is 0 Å². The fourth-order valence-corrected chi connectivity index (χ4v) is 1.30. The third-order valence-corrected chi connectivity index (χ3v) is 2.10. The van der Waals surface area contributed by atoms with Crippen LogP contribution in [0.1, 0.15) is 18.9 Å². The summed E-state index contributed by atoms with van der Waals surface area (Å²) in [7, 11) is 0. The van der Waals surface area contributed by atoms with E-state index in [0.717, 1.165) is 0 Å². The van der Waals surface area contributed by atoms with Crippen LogP contribution in [0.4, 0.5) is 8.78 Å². The van der Waals surface area contributed by atoms with Crippen molar-refractivity contribution in [1.82, 2.24) is 0 Å². The first-order chi connectivity index (χ1) is 7.00. The van der Waals surface area contributed by atoms with Gasteiger partial charge in [0.25, 0.3) is 6.08 Å². The maximum absolute atomic E-state index is 12.5. The summed E-state index contributed by atoms with van der Waals surface area (Å²) in [4.78, 5) is 10.8. The normalized spacial score (nSPS) is 9.87. The molecule has 0 heterocycles. The molecule has 1 aromatic carbocycles. The van der Waals surface area contributed by atoms with Gasteiger partial charge in [0.05, 0.1) is 0 Å². The molecule has 0 spiro atoms. The van der Waals surface area contributed by atoms with E-state index >= 15 is 0 Å². The zero-order valence-corrected chi connectivity index (χ0v) is 8.81. The second-order valence-electron chi connectivity index (χ2n) is 3.12. The first-order valence-corrected chi connectivity index (χ1v) is 4.68. The molecule has 1 aromatic rings. The maximum Gasteiger partial charge on any atom is 0.274 e. The van der Waals surface area contributed by atoms with Gasteiger partial charge in [0.15, 0.2) is 0 Å². The van der Waals surface area contributed by atoms with Crippen LogP contribution >= 0.6 is 11.6 Å². The van der Waals surface area contributed by atoms with Gasteiger partial charge in [-0.25, -0.2) is 0 Å². The lowest BCUT2D eigenvalue weighted by atomic mass is 10.0. The molecule has 0 aliphatic carbocycles. The van der Waals surface area contributed by atoms with Crippen molar-refractivity contribution < 1.29 is 13.6 Å². The predicted molar refractivity (Wildman–Crippen MR) is 55.9 cm³/mol. The minimum absolute atomic E-state index is 0.237. The van der Waals surface area contributed by atoms with Crippen LogP contribution in [0.25, 0.3) is 5.57 Å². The third-order valence-electron chi connectivity index (χ3n) is 1.85. The minimum Gasteiger partial charge on any atom is -0.300 e. The number of carbonyl (C=O) groups excluding carboxylic acids is 1. The number of carbonyl (C=O) groups is 1. The van der Waals surface area contributed by atoms with Crippen LogP contribution in [-0.2, 0) is 4.79 Å². The zero-order chi connectivity index (χ0) is 11.4. The van der Waals surface area contributed by atoms with Crippen LogP contribution in [0.5, 0.6) is 0 Å². The van der Waals surface area contributed by atoms with Crippen LogP contribution < -0.4 is 0 Å². The average Bonchev–Trinajstić information content (AvgIpc) is 2.15. The molecular formula is C11H9ClF2O. The summed E-state index contributed by atoms with van der Waals surface area (Å²) < 4.78 is 25.1. The second-order valence-corrected chi connectivity index (χ2v) is 3.56. The number of Topliss-reactive ketones (excluding diaryl/α,β-unsaturated/α-hetero) is 1. The van der Waals surface area contributed by atoms with Crippen molar-refractivity contribution in [2.24, 2.45) is 0 Å². The van der Waals surface area contributed by atoms with E-state index in [2.05, 4.69) is 0 Å². The van der Waals surface area contributed by atoms with E-state index in [9.17, 15) is 13.6 Å². The Kier molecular flexibility index (Phi) is 3.97. The summed E-state index contributed by atoms with van der Waals surface area (Å²) in [5.74, 6) is -0.298. The predicted octanol–water partition coefficient (Wildman–Crippen LogP) is 3.93. The van der Waals surface area contributed by atoms with E-state index in [1.165, 1.54) is 31.2 Å². The standard InChI is InChI=1S/C11H9ClF2O/c1-7(15)6-10(11(13)14)8-2-4-9(12)5-3-8/h2-5H,6H2,1H3. The SMILES string of the molecule is CC(=O)CC(=C(F)F)c1ccc(Cl)cc1. The lowest BCUT2D eigenvalue weighted by Crippen LogP contribution is -1.94. The van der Waals surface area contributed by atoms with Gasteiger partial charge in [0.2, 0.25) is 0 Å². The smallest absolute Gasteiger partial charge is 0.274 e. The molecule has 0 radical (unpaired) electrons. The number of benzene rings is 1. The molecule has 4 heteroatoms. The highest BCUT2D eigenvalue weighted by Crippen LogP contribution is 2.25. The molecule has 1 rings (SSSR count). The Morgan fingerprint density at radius 2 is 1.80 bits per heavy atom. The number of hydrogen-bond acceptors (Lipinski definition) is 1. The molecule has 0 fully saturated rings. The van der Waals surface area contributed by atoms with Gasteiger partial charge in [-0.15, -0.1) is 0 Å². The first kappa shape index (κ1) is 11.9. The van der Waals surface area contributed by atoms with Crippen molar-refractivity contribution in [2.45, 2.75) is 13.3 Å².